The number of fused-ring (bicyclic) bond motifs is 2. The highest BCUT2D eigenvalue weighted by Gasteiger charge is 2.39. The molecule has 1 amide bonds. The average Bonchev–Trinajstić information content (AvgIpc) is 3.71. The minimum atomic E-state index is -0.0398. The summed E-state index contributed by atoms with van der Waals surface area (Å²) in [6.45, 7) is 6.21. The van der Waals surface area contributed by atoms with E-state index in [0.717, 1.165) is 43.0 Å². The van der Waals surface area contributed by atoms with Crippen LogP contribution < -0.4 is 10.6 Å². The molecule has 6 rings (SSSR count). The predicted octanol–water partition coefficient (Wildman–Crippen LogP) is 3.91. The Hall–Kier alpha value is -3.16. The molecule has 8 nitrogen and oxygen atoms in total. The molecule has 2 saturated carbocycles. The standard InChI is InChI=1S/C24H28N6O2/c1-14-19(20-21(29-24(2)6-7-24)27-13-28-22(20)32-14)23(31)30-8-5-17-16(12-30)10-25-11-18(17)26-9-15-3-4-15/h10-11,13,15,26H,3-9,12H2,1-2H3,(H,27,28,29). The molecule has 166 valence electrons. The van der Waals surface area contributed by atoms with E-state index in [1.54, 1.807) is 0 Å². The smallest absolute Gasteiger partial charge is 0.258 e. The summed E-state index contributed by atoms with van der Waals surface area (Å²) in [6, 6.07) is 0. The van der Waals surface area contributed by atoms with Gasteiger partial charge >= 0.3 is 0 Å². The number of rotatable bonds is 6. The van der Waals surface area contributed by atoms with Crippen LogP contribution in [0.2, 0.25) is 0 Å². The molecule has 3 aliphatic rings. The Kier molecular flexibility index (Phi) is 4.38. The monoisotopic (exact) mass is 432 g/mol. The molecule has 3 aromatic rings. The van der Waals surface area contributed by atoms with Crippen LogP contribution in [-0.4, -0.2) is 44.4 Å². The van der Waals surface area contributed by atoms with E-state index in [0.29, 0.717) is 41.3 Å². The number of aromatic nitrogens is 3. The Balaban J connectivity index is 1.29. The van der Waals surface area contributed by atoms with Gasteiger partial charge in [-0.05, 0) is 63.0 Å². The van der Waals surface area contributed by atoms with Gasteiger partial charge < -0.3 is 20.0 Å². The zero-order chi connectivity index (χ0) is 21.9. The van der Waals surface area contributed by atoms with Gasteiger partial charge in [0.1, 0.15) is 17.9 Å². The molecule has 1 aliphatic heterocycles. The van der Waals surface area contributed by atoms with Crippen LogP contribution in [0.3, 0.4) is 0 Å². The van der Waals surface area contributed by atoms with Crippen molar-refractivity contribution in [3.63, 3.8) is 0 Å². The fourth-order valence-electron chi connectivity index (χ4n) is 4.55. The first-order chi connectivity index (χ1) is 15.5. The van der Waals surface area contributed by atoms with Crippen molar-refractivity contribution in [3.8, 4) is 0 Å². The summed E-state index contributed by atoms with van der Waals surface area (Å²) in [5.74, 6) is 2.02. The first kappa shape index (κ1) is 19.5. The van der Waals surface area contributed by atoms with E-state index in [4.69, 9.17) is 4.42 Å². The summed E-state index contributed by atoms with van der Waals surface area (Å²) in [4.78, 5) is 28.7. The van der Waals surface area contributed by atoms with Crippen LogP contribution in [0.25, 0.3) is 11.1 Å². The zero-order valence-corrected chi connectivity index (χ0v) is 18.6. The van der Waals surface area contributed by atoms with Crippen molar-refractivity contribution in [2.45, 2.75) is 58.0 Å². The number of carbonyl (C=O) groups excluding carboxylic acids is 1. The van der Waals surface area contributed by atoms with Gasteiger partial charge in [0.2, 0.25) is 5.71 Å². The van der Waals surface area contributed by atoms with Gasteiger partial charge in [-0.15, -0.1) is 0 Å². The number of carbonyl (C=O) groups is 1. The van der Waals surface area contributed by atoms with Crippen molar-refractivity contribution in [3.05, 3.63) is 41.2 Å². The molecular formula is C24H28N6O2. The van der Waals surface area contributed by atoms with E-state index in [1.165, 1.54) is 24.7 Å². The molecule has 0 aromatic carbocycles. The van der Waals surface area contributed by atoms with Crippen LogP contribution in [0.15, 0.2) is 23.1 Å². The molecular weight excluding hydrogens is 404 g/mol. The average molecular weight is 433 g/mol. The molecule has 32 heavy (non-hydrogen) atoms. The van der Waals surface area contributed by atoms with Gasteiger partial charge in [0, 0.05) is 31.4 Å². The van der Waals surface area contributed by atoms with Crippen molar-refractivity contribution in [2.75, 3.05) is 23.7 Å². The Bertz CT molecular complexity index is 1210. The van der Waals surface area contributed by atoms with Gasteiger partial charge in [-0.25, -0.2) is 9.97 Å². The third kappa shape index (κ3) is 3.47. The number of furan rings is 1. The first-order valence-corrected chi connectivity index (χ1v) is 11.5. The minimum Gasteiger partial charge on any atom is -0.442 e. The van der Waals surface area contributed by atoms with Gasteiger partial charge in [0.25, 0.3) is 5.91 Å². The lowest BCUT2D eigenvalue weighted by atomic mass is 9.99. The van der Waals surface area contributed by atoms with E-state index >= 15 is 0 Å². The van der Waals surface area contributed by atoms with Crippen molar-refractivity contribution in [2.24, 2.45) is 5.92 Å². The van der Waals surface area contributed by atoms with Crippen LogP contribution in [0, 0.1) is 12.8 Å². The molecule has 2 fully saturated rings. The van der Waals surface area contributed by atoms with Crippen LogP contribution >= 0.6 is 0 Å². The number of hydrogen-bond acceptors (Lipinski definition) is 7. The molecule has 2 aliphatic carbocycles. The highest BCUT2D eigenvalue weighted by Crippen LogP contribution is 2.40. The van der Waals surface area contributed by atoms with E-state index in [9.17, 15) is 4.79 Å². The molecule has 3 aromatic heterocycles. The van der Waals surface area contributed by atoms with Crippen molar-refractivity contribution in [1.82, 2.24) is 19.9 Å². The number of anilines is 2. The third-order valence-corrected chi connectivity index (χ3v) is 7.00. The quantitative estimate of drug-likeness (QED) is 0.610. The summed E-state index contributed by atoms with van der Waals surface area (Å²) in [7, 11) is 0. The summed E-state index contributed by atoms with van der Waals surface area (Å²) in [5.41, 5.74) is 4.56. The molecule has 0 spiro atoms. The second kappa shape index (κ2) is 7.18. The number of nitrogens with one attached hydrogen (secondary N) is 2. The number of nitrogens with zero attached hydrogens (tertiary/aromatic N) is 4. The van der Waals surface area contributed by atoms with Crippen molar-refractivity contribution in [1.29, 1.82) is 0 Å². The second-order valence-corrected chi connectivity index (χ2v) is 9.75. The summed E-state index contributed by atoms with van der Waals surface area (Å²) < 4.78 is 5.87. The Morgan fingerprint density at radius 3 is 2.91 bits per heavy atom. The zero-order valence-electron chi connectivity index (χ0n) is 18.6. The van der Waals surface area contributed by atoms with Crippen LogP contribution in [-0.2, 0) is 13.0 Å². The lowest BCUT2D eigenvalue weighted by molar-refractivity contribution is 0.0734. The normalized spacial score (nSPS) is 19.0. The highest BCUT2D eigenvalue weighted by molar-refractivity contribution is 6.10. The molecule has 0 bridgehead atoms. The SMILES string of the molecule is Cc1oc2ncnc(NC3(C)CC3)c2c1C(=O)N1CCc2c(cncc2NCC2CC2)C1. The maximum absolute atomic E-state index is 13.7. The summed E-state index contributed by atoms with van der Waals surface area (Å²) >= 11 is 0. The van der Waals surface area contributed by atoms with E-state index in [2.05, 4.69) is 32.5 Å². The lowest BCUT2D eigenvalue weighted by Gasteiger charge is -2.30. The Labute approximate surface area is 186 Å². The van der Waals surface area contributed by atoms with Crippen molar-refractivity contribution < 1.29 is 9.21 Å². The van der Waals surface area contributed by atoms with Gasteiger partial charge in [0.15, 0.2) is 0 Å². The predicted molar refractivity (Wildman–Crippen MR) is 122 cm³/mol. The van der Waals surface area contributed by atoms with Gasteiger partial charge in [-0.2, -0.15) is 0 Å². The van der Waals surface area contributed by atoms with E-state index < -0.39 is 0 Å². The fraction of sp³-hybridized carbons (Fsp3) is 0.500. The fourth-order valence-corrected chi connectivity index (χ4v) is 4.55. The maximum atomic E-state index is 13.7. The third-order valence-electron chi connectivity index (χ3n) is 7.00. The maximum Gasteiger partial charge on any atom is 0.258 e. The summed E-state index contributed by atoms with van der Waals surface area (Å²) in [6.07, 6.45) is 10.9. The van der Waals surface area contributed by atoms with Gasteiger partial charge in [-0.3, -0.25) is 9.78 Å². The van der Waals surface area contributed by atoms with Crippen molar-refractivity contribution >= 4 is 28.5 Å². The molecule has 4 heterocycles. The number of aryl methyl sites for hydroxylation is 1. The first-order valence-electron chi connectivity index (χ1n) is 11.5. The number of amides is 1. The van der Waals surface area contributed by atoms with Crippen LogP contribution in [0.4, 0.5) is 11.5 Å². The summed E-state index contributed by atoms with van der Waals surface area (Å²) in [5, 5.41) is 7.75. The van der Waals surface area contributed by atoms with Crippen LogP contribution in [0.1, 0.15) is 59.9 Å². The minimum absolute atomic E-state index is 0.0341. The van der Waals surface area contributed by atoms with Crippen LogP contribution in [0.5, 0.6) is 0 Å². The number of hydrogen-bond donors (Lipinski definition) is 2. The molecule has 2 N–H and O–H groups in total. The lowest BCUT2D eigenvalue weighted by Crippen LogP contribution is -2.36. The van der Waals surface area contributed by atoms with Gasteiger partial charge in [0.05, 0.1) is 22.8 Å². The van der Waals surface area contributed by atoms with E-state index in [-0.39, 0.29) is 11.4 Å². The highest BCUT2D eigenvalue weighted by atomic mass is 16.3. The molecule has 0 atom stereocenters. The largest absolute Gasteiger partial charge is 0.442 e. The molecule has 0 saturated heterocycles. The topological polar surface area (TPSA) is 96.2 Å². The molecule has 0 radical (unpaired) electrons. The number of pyridine rings is 1. The van der Waals surface area contributed by atoms with E-state index in [1.807, 2.05) is 24.2 Å². The Morgan fingerprint density at radius 1 is 1.28 bits per heavy atom. The molecule has 0 unspecified atom stereocenters. The molecule has 8 heteroatoms. The second-order valence-electron chi connectivity index (χ2n) is 9.75. The Morgan fingerprint density at radius 2 is 2.12 bits per heavy atom. The van der Waals surface area contributed by atoms with Gasteiger partial charge in [-0.1, -0.05) is 0 Å².